The van der Waals surface area contributed by atoms with Gasteiger partial charge in [-0.25, -0.2) is 0 Å². The SMILES string of the molecule is C[C@H](CC#N)Sc1ccccc1NC(=O)CN1CCOCC1(C)C. The number of morpholine rings is 1. The molecule has 0 radical (unpaired) electrons. The number of thioether (sulfide) groups is 1. The van der Waals surface area contributed by atoms with Crippen molar-refractivity contribution in [2.45, 2.75) is 42.9 Å². The lowest BCUT2D eigenvalue weighted by molar-refractivity contribution is -0.122. The van der Waals surface area contributed by atoms with Gasteiger partial charge in [0.25, 0.3) is 0 Å². The first-order valence-electron chi connectivity index (χ1n) is 8.17. The minimum Gasteiger partial charge on any atom is -0.378 e. The molecule has 0 saturated carbocycles. The molecule has 1 amide bonds. The minimum atomic E-state index is -0.134. The van der Waals surface area contributed by atoms with Gasteiger partial charge in [0.05, 0.1) is 31.5 Å². The number of anilines is 1. The molecular weight excluding hydrogens is 322 g/mol. The van der Waals surface area contributed by atoms with E-state index in [2.05, 4.69) is 30.1 Å². The maximum absolute atomic E-state index is 12.5. The lowest BCUT2D eigenvalue weighted by Crippen LogP contribution is -2.55. The Hall–Kier alpha value is -1.55. The summed E-state index contributed by atoms with van der Waals surface area (Å²) in [5.74, 6) is -0.0223. The van der Waals surface area contributed by atoms with Crippen molar-refractivity contribution >= 4 is 23.4 Å². The number of ether oxygens (including phenoxy) is 1. The largest absolute Gasteiger partial charge is 0.378 e. The van der Waals surface area contributed by atoms with Crippen LogP contribution in [0, 0.1) is 11.3 Å². The quantitative estimate of drug-likeness (QED) is 0.801. The number of nitrogens with one attached hydrogen (secondary N) is 1. The lowest BCUT2D eigenvalue weighted by atomic mass is 10.0. The Labute approximate surface area is 148 Å². The predicted octanol–water partition coefficient (Wildman–Crippen LogP) is 3.13. The first-order chi connectivity index (χ1) is 11.4. The molecule has 1 saturated heterocycles. The second-order valence-electron chi connectivity index (χ2n) is 6.62. The lowest BCUT2D eigenvalue weighted by Gasteiger charge is -2.41. The molecule has 1 atom stereocenters. The Balaban J connectivity index is 2.00. The number of hydrogen-bond acceptors (Lipinski definition) is 5. The number of para-hydroxylation sites is 1. The van der Waals surface area contributed by atoms with Gasteiger partial charge in [-0.1, -0.05) is 19.1 Å². The third-order valence-electron chi connectivity index (χ3n) is 4.02. The minimum absolute atomic E-state index is 0.0223. The zero-order valence-electron chi connectivity index (χ0n) is 14.5. The van der Waals surface area contributed by atoms with Gasteiger partial charge in [-0.2, -0.15) is 5.26 Å². The molecule has 24 heavy (non-hydrogen) atoms. The molecule has 1 fully saturated rings. The van der Waals surface area contributed by atoms with Crippen LogP contribution in [-0.2, 0) is 9.53 Å². The molecule has 0 aliphatic carbocycles. The van der Waals surface area contributed by atoms with Crippen molar-refractivity contribution in [2.24, 2.45) is 0 Å². The zero-order valence-corrected chi connectivity index (χ0v) is 15.4. The van der Waals surface area contributed by atoms with Crippen LogP contribution >= 0.6 is 11.8 Å². The van der Waals surface area contributed by atoms with E-state index in [0.29, 0.717) is 26.2 Å². The Morgan fingerprint density at radius 1 is 1.50 bits per heavy atom. The van der Waals surface area contributed by atoms with Gasteiger partial charge in [0, 0.05) is 28.6 Å². The van der Waals surface area contributed by atoms with Crippen molar-refractivity contribution < 1.29 is 9.53 Å². The van der Waals surface area contributed by atoms with Crippen molar-refractivity contribution in [2.75, 3.05) is 31.6 Å². The van der Waals surface area contributed by atoms with Gasteiger partial charge >= 0.3 is 0 Å². The van der Waals surface area contributed by atoms with E-state index < -0.39 is 0 Å². The van der Waals surface area contributed by atoms with Gasteiger partial charge in [0.15, 0.2) is 0 Å². The van der Waals surface area contributed by atoms with E-state index in [1.165, 1.54) is 0 Å². The highest BCUT2D eigenvalue weighted by Gasteiger charge is 2.31. The normalized spacial score (nSPS) is 18.6. The summed E-state index contributed by atoms with van der Waals surface area (Å²) in [5, 5.41) is 12.0. The molecule has 1 aliphatic heterocycles. The summed E-state index contributed by atoms with van der Waals surface area (Å²) in [6.07, 6.45) is 0.481. The van der Waals surface area contributed by atoms with Crippen LogP contribution in [-0.4, -0.2) is 47.9 Å². The van der Waals surface area contributed by atoms with Crippen LogP contribution < -0.4 is 5.32 Å². The Kier molecular flexibility index (Phi) is 6.67. The van der Waals surface area contributed by atoms with E-state index in [-0.39, 0.29) is 16.7 Å². The van der Waals surface area contributed by atoms with Crippen LogP contribution in [0.1, 0.15) is 27.2 Å². The fraction of sp³-hybridized carbons (Fsp3) is 0.556. The molecule has 0 unspecified atom stereocenters. The number of rotatable bonds is 6. The number of carbonyl (C=O) groups excluding carboxylic acids is 1. The maximum atomic E-state index is 12.5. The monoisotopic (exact) mass is 347 g/mol. The van der Waals surface area contributed by atoms with Crippen LogP contribution in [0.25, 0.3) is 0 Å². The maximum Gasteiger partial charge on any atom is 0.238 e. The van der Waals surface area contributed by atoms with Crippen molar-refractivity contribution in [3.63, 3.8) is 0 Å². The van der Waals surface area contributed by atoms with Gasteiger partial charge in [-0.15, -0.1) is 11.8 Å². The van der Waals surface area contributed by atoms with E-state index in [4.69, 9.17) is 10.00 Å². The Morgan fingerprint density at radius 3 is 2.96 bits per heavy atom. The second-order valence-corrected chi connectivity index (χ2v) is 8.10. The summed E-state index contributed by atoms with van der Waals surface area (Å²) in [5.41, 5.74) is 0.675. The van der Waals surface area contributed by atoms with Gasteiger partial charge in [0.2, 0.25) is 5.91 Å². The van der Waals surface area contributed by atoms with Crippen LogP contribution in [0.4, 0.5) is 5.69 Å². The average Bonchev–Trinajstić information content (AvgIpc) is 2.51. The van der Waals surface area contributed by atoms with Gasteiger partial charge in [0.1, 0.15) is 0 Å². The second kappa shape index (κ2) is 8.52. The molecule has 0 aromatic heterocycles. The first kappa shape index (κ1) is 18.8. The summed E-state index contributed by atoms with van der Waals surface area (Å²) in [6, 6.07) is 9.93. The topological polar surface area (TPSA) is 65.4 Å². The summed E-state index contributed by atoms with van der Waals surface area (Å²) in [7, 11) is 0. The molecule has 0 bridgehead atoms. The average molecular weight is 347 g/mol. The highest BCUT2D eigenvalue weighted by atomic mass is 32.2. The zero-order chi connectivity index (χ0) is 17.6. The molecule has 1 aromatic rings. The highest BCUT2D eigenvalue weighted by molar-refractivity contribution is 8.00. The van der Waals surface area contributed by atoms with E-state index in [9.17, 15) is 4.79 Å². The molecule has 0 spiro atoms. The summed E-state index contributed by atoms with van der Waals surface area (Å²) < 4.78 is 5.50. The third kappa shape index (κ3) is 5.23. The fourth-order valence-corrected chi connectivity index (χ4v) is 3.60. The summed E-state index contributed by atoms with van der Waals surface area (Å²) in [4.78, 5) is 15.6. The number of nitriles is 1. The number of carbonyl (C=O) groups is 1. The number of hydrogen-bond donors (Lipinski definition) is 1. The van der Waals surface area contributed by atoms with Crippen LogP contribution in [0.5, 0.6) is 0 Å². The fourth-order valence-electron chi connectivity index (χ4n) is 2.61. The Morgan fingerprint density at radius 2 is 2.25 bits per heavy atom. The van der Waals surface area contributed by atoms with Crippen LogP contribution in [0.2, 0.25) is 0 Å². The molecule has 130 valence electrons. The van der Waals surface area contributed by atoms with E-state index in [0.717, 1.165) is 17.1 Å². The smallest absolute Gasteiger partial charge is 0.238 e. The molecule has 6 heteroatoms. The number of nitrogens with zero attached hydrogens (tertiary/aromatic N) is 2. The van der Waals surface area contributed by atoms with Crippen LogP contribution in [0.15, 0.2) is 29.2 Å². The Bertz CT molecular complexity index is 613. The summed E-state index contributed by atoms with van der Waals surface area (Å²) >= 11 is 1.61. The molecule has 1 N–H and O–H groups in total. The molecule has 1 heterocycles. The van der Waals surface area contributed by atoms with Crippen molar-refractivity contribution in [3.8, 4) is 6.07 Å². The van der Waals surface area contributed by atoms with Crippen molar-refractivity contribution in [1.82, 2.24) is 4.90 Å². The highest BCUT2D eigenvalue weighted by Crippen LogP contribution is 2.31. The number of amides is 1. The molecular formula is C18H25N3O2S. The van der Waals surface area contributed by atoms with Crippen molar-refractivity contribution in [3.05, 3.63) is 24.3 Å². The standard InChI is InChI=1S/C18H25N3O2S/c1-14(8-9-19)24-16-7-5-4-6-15(16)20-17(22)12-21-10-11-23-13-18(21,2)3/h4-7,14H,8,10-13H2,1-3H3,(H,20,22)/t14-/m1/s1. The van der Waals surface area contributed by atoms with Gasteiger partial charge in [-0.3, -0.25) is 9.69 Å². The van der Waals surface area contributed by atoms with Crippen molar-refractivity contribution in [1.29, 1.82) is 5.26 Å². The van der Waals surface area contributed by atoms with Crippen LogP contribution in [0.3, 0.4) is 0 Å². The first-order valence-corrected chi connectivity index (χ1v) is 9.05. The third-order valence-corrected chi connectivity index (χ3v) is 5.20. The molecule has 1 aromatic carbocycles. The predicted molar refractivity (Wildman–Crippen MR) is 97.1 cm³/mol. The van der Waals surface area contributed by atoms with Gasteiger partial charge < -0.3 is 10.1 Å². The van der Waals surface area contributed by atoms with E-state index in [1.54, 1.807) is 11.8 Å². The van der Waals surface area contributed by atoms with E-state index >= 15 is 0 Å². The molecule has 2 rings (SSSR count). The number of benzene rings is 1. The van der Waals surface area contributed by atoms with E-state index in [1.807, 2.05) is 31.2 Å². The summed E-state index contributed by atoms with van der Waals surface area (Å²) in [6.45, 7) is 8.61. The molecule has 5 nitrogen and oxygen atoms in total. The van der Waals surface area contributed by atoms with Gasteiger partial charge in [-0.05, 0) is 26.0 Å². The molecule has 1 aliphatic rings.